The van der Waals surface area contributed by atoms with E-state index in [2.05, 4.69) is 21.3 Å². The van der Waals surface area contributed by atoms with E-state index >= 15 is 0 Å². The predicted molar refractivity (Wildman–Crippen MR) is 126 cm³/mol. The molecule has 1 aromatic heterocycles. The molecular formula is C23H25ClN4O2S. The number of halogens is 1. The van der Waals surface area contributed by atoms with E-state index in [0.29, 0.717) is 49.9 Å². The fraction of sp³-hybridized carbons (Fsp3) is 0.348. The molecule has 0 radical (unpaired) electrons. The summed E-state index contributed by atoms with van der Waals surface area (Å²) in [4.78, 5) is 33.5. The van der Waals surface area contributed by atoms with Gasteiger partial charge in [0.05, 0.1) is 32.5 Å². The average Bonchev–Trinajstić information content (AvgIpc) is 3.18. The van der Waals surface area contributed by atoms with Crippen LogP contribution in [0.15, 0.2) is 48.5 Å². The molecule has 0 bridgehead atoms. The van der Waals surface area contributed by atoms with Gasteiger partial charge in [-0.05, 0) is 37.1 Å². The van der Waals surface area contributed by atoms with Gasteiger partial charge in [-0.25, -0.2) is 4.98 Å². The number of aromatic nitrogens is 1. The molecule has 162 valence electrons. The largest absolute Gasteiger partial charge is 0.340 e. The first-order valence-electron chi connectivity index (χ1n) is 10.5. The van der Waals surface area contributed by atoms with E-state index in [9.17, 15) is 9.59 Å². The Balaban J connectivity index is 1.17. The molecule has 0 spiro atoms. The van der Waals surface area contributed by atoms with E-state index < -0.39 is 0 Å². The summed E-state index contributed by atoms with van der Waals surface area (Å²) in [6, 6.07) is 15.3. The number of hydrogen-bond acceptors (Lipinski definition) is 5. The van der Waals surface area contributed by atoms with Crippen molar-refractivity contribution < 1.29 is 9.59 Å². The minimum absolute atomic E-state index is 0.0938. The van der Waals surface area contributed by atoms with Crippen LogP contribution in [0, 0.1) is 0 Å². The van der Waals surface area contributed by atoms with Crippen molar-refractivity contribution in [3.63, 3.8) is 0 Å². The summed E-state index contributed by atoms with van der Waals surface area (Å²) in [5, 5.41) is 4.46. The molecule has 1 fully saturated rings. The Morgan fingerprint density at radius 1 is 1.03 bits per heavy atom. The van der Waals surface area contributed by atoms with Crippen molar-refractivity contribution in [2.24, 2.45) is 0 Å². The van der Waals surface area contributed by atoms with Gasteiger partial charge in [-0.3, -0.25) is 14.5 Å². The molecule has 1 saturated heterocycles. The summed E-state index contributed by atoms with van der Waals surface area (Å²) in [7, 11) is 0. The van der Waals surface area contributed by atoms with Gasteiger partial charge in [-0.1, -0.05) is 35.9 Å². The average molecular weight is 457 g/mol. The molecule has 4 rings (SSSR count). The van der Waals surface area contributed by atoms with Crippen LogP contribution < -0.4 is 5.32 Å². The van der Waals surface area contributed by atoms with E-state index in [0.717, 1.165) is 23.4 Å². The second-order valence-corrected chi connectivity index (χ2v) is 9.14. The van der Waals surface area contributed by atoms with E-state index in [1.165, 1.54) is 4.70 Å². The van der Waals surface area contributed by atoms with E-state index in [1.807, 2.05) is 35.2 Å². The molecule has 0 saturated carbocycles. The number of para-hydroxylation sites is 2. The van der Waals surface area contributed by atoms with Crippen LogP contribution in [0.2, 0.25) is 5.02 Å². The normalized spacial score (nSPS) is 14.7. The number of benzene rings is 2. The predicted octanol–water partition coefficient (Wildman–Crippen LogP) is 4.06. The van der Waals surface area contributed by atoms with Gasteiger partial charge in [-0.2, -0.15) is 0 Å². The molecule has 1 aliphatic rings. The SMILES string of the molecule is O=C(CN1CCN(C(=O)CCCc2nc3ccccc3s2)CC1)Nc1ccccc1Cl. The number of piperazine rings is 1. The van der Waals surface area contributed by atoms with Gasteiger partial charge < -0.3 is 10.2 Å². The van der Waals surface area contributed by atoms with Crippen LogP contribution in [0.4, 0.5) is 5.69 Å². The number of thiazole rings is 1. The van der Waals surface area contributed by atoms with Crippen molar-refractivity contribution in [1.29, 1.82) is 0 Å². The fourth-order valence-electron chi connectivity index (χ4n) is 3.69. The van der Waals surface area contributed by atoms with Gasteiger partial charge in [0.1, 0.15) is 0 Å². The van der Waals surface area contributed by atoms with Crippen LogP contribution in [0.5, 0.6) is 0 Å². The number of fused-ring (bicyclic) bond motifs is 1. The zero-order valence-corrected chi connectivity index (χ0v) is 18.8. The lowest BCUT2D eigenvalue weighted by atomic mass is 10.2. The third-order valence-electron chi connectivity index (χ3n) is 5.36. The molecular weight excluding hydrogens is 432 g/mol. The van der Waals surface area contributed by atoms with Crippen LogP contribution in [0.3, 0.4) is 0 Å². The van der Waals surface area contributed by atoms with Crippen LogP contribution in [-0.2, 0) is 16.0 Å². The van der Waals surface area contributed by atoms with E-state index in [1.54, 1.807) is 23.5 Å². The quantitative estimate of drug-likeness (QED) is 0.582. The van der Waals surface area contributed by atoms with Gasteiger partial charge in [-0.15, -0.1) is 11.3 Å². The number of amides is 2. The van der Waals surface area contributed by atoms with Crippen molar-refractivity contribution in [3.05, 3.63) is 58.6 Å². The number of rotatable bonds is 7. The Bertz CT molecular complexity index is 1030. The molecule has 0 aliphatic carbocycles. The maximum absolute atomic E-state index is 12.6. The highest BCUT2D eigenvalue weighted by molar-refractivity contribution is 7.18. The Hall–Kier alpha value is -2.48. The lowest BCUT2D eigenvalue weighted by Crippen LogP contribution is -2.50. The molecule has 8 heteroatoms. The van der Waals surface area contributed by atoms with Gasteiger partial charge in [0.15, 0.2) is 0 Å². The topological polar surface area (TPSA) is 65.5 Å². The highest BCUT2D eigenvalue weighted by Crippen LogP contribution is 2.23. The molecule has 2 amide bonds. The molecule has 2 aromatic carbocycles. The molecule has 6 nitrogen and oxygen atoms in total. The maximum atomic E-state index is 12.6. The zero-order chi connectivity index (χ0) is 21.6. The number of carbonyl (C=O) groups excluding carboxylic acids is 2. The first kappa shape index (κ1) is 21.7. The van der Waals surface area contributed by atoms with Gasteiger partial charge in [0, 0.05) is 32.6 Å². The highest BCUT2D eigenvalue weighted by Gasteiger charge is 2.22. The summed E-state index contributed by atoms with van der Waals surface area (Å²) in [6.07, 6.45) is 2.16. The number of aryl methyl sites for hydroxylation is 1. The summed E-state index contributed by atoms with van der Waals surface area (Å²) in [6.45, 7) is 2.99. The fourth-order valence-corrected chi connectivity index (χ4v) is 4.88. The summed E-state index contributed by atoms with van der Waals surface area (Å²) >= 11 is 7.79. The van der Waals surface area contributed by atoms with E-state index in [4.69, 9.17) is 11.6 Å². The van der Waals surface area contributed by atoms with Gasteiger partial charge in [0.25, 0.3) is 0 Å². The zero-order valence-electron chi connectivity index (χ0n) is 17.2. The van der Waals surface area contributed by atoms with Crippen molar-refractivity contribution >= 4 is 50.7 Å². The van der Waals surface area contributed by atoms with E-state index in [-0.39, 0.29) is 11.8 Å². The summed E-state index contributed by atoms with van der Waals surface area (Å²) in [5.41, 5.74) is 1.65. The summed E-state index contributed by atoms with van der Waals surface area (Å²) in [5.74, 6) is 0.0880. The number of carbonyl (C=O) groups is 2. The number of nitrogens with zero attached hydrogens (tertiary/aromatic N) is 3. The molecule has 1 aliphatic heterocycles. The number of hydrogen-bond donors (Lipinski definition) is 1. The van der Waals surface area contributed by atoms with Crippen LogP contribution >= 0.6 is 22.9 Å². The Morgan fingerprint density at radius 2 is 1.77 bits per heavy atom. The standard InChI is InChI=1S/C23H25ClN4O2S/c24-17-6-1-2-7-18(17)25-21(29)16-27-12-14-28(15-13-27)23(30)11-5-10-22-26-19-8-3-4-9-20(19)31-22/h1-4,6-9H,5,10-16H2,(H,25,29). The number of anilines is 1. The van der Waals surface area contributed by atoms with Crippen LogP contribution in [0.25, 0.3) is 10.2 Å². The van der Waals surface area contributed by atoms with Gasteiger partial charge in [0.2, 0.25) is 11.8 Å². The molecule has 1 N–H and O–H groups in total. The third-order valence-corrected chi connectivity index (χ3v) is 6.79. The van der Waals surface area contributed by atoms with Crippen LogP contribution in [0.1, 0.15) is 17.8 Å². The van der Waals surface area contributed by atoms with Gasteiger partial charge >= 0.3 is 0 Å². The lowest BCUT2D eigenvalue weighted by Gasteiger charge is -2.34. The summed E-state index contributed by atoms with van der Waals surface area (Å²) < 4.78 is 1.19. The first-order chi connectivity index (χ1) is 15.1. The first-order valence-corrected chi connectivity index (χ1v) is 11.7. The molecule has 2 heterocycles. The van der Waals surface area contributed by atoms with Crippen LogP contribution in [-0.4, -0.2) is 59.3 Å². The minimum atomic E-state index is -0.0938. The third kappa shape index (κ3) is 5.81. The van der Waals surface area contributed by atoms with Crippen molar-refractivity contribution in [1.82, 2.24) is 14.8 Å². The number of nitrogens with one attached hydrogen (secondary N) is 1. The Morgan fingerprint density at radius 3 is 2.55 bits per heavy atom. The smallest absolute Gasteiger partial charge is 0.238 e. The molecule has 3 aromatic rings. The van der Waals surface area contributed by atoms with Crippen molar-refractivity contribution in [2.75, 3.05) is 38.0 Å². The monoisotopic (exact) mass is 456 g/mol. The Labute approximate surface area is 190 Å². The molecule has 0 atom stereocenters. The molecule has 31 heavy (non-hydrogen) atoms. The molecule has 0 unspecified atom stereocenters. The second kappa shape index (κ2) is 10.2. The lowest BCUT2D eigenvalue weighted by molar-refractivity contribution is -0.133. The maximum Gasteiger partial charge on any atom is 0.238 e. The van der Waals surface area contributed by atoms with Crippen molar-refractivity contribution in [3.8, 4) is 0 Å². The second-order valence-electron chi connectivity index (χ2n) is 7.61. The minimum Gasteiger partial charge on any atom is -0.340 e. The highest BCUT2D eigenvalue weighted by atomic mass is 35.5. The Kier molecular flexibility index (Phi) is 7.17. The van der Waals surface area contributed by atoms with Crippen molar-refractivity contribution in [2.45, 2.75) is 19.3 Å².